The fourth-order valence-corrected chi connectivity index (χ4v) is 4.75. The molecule has 9 nitrogen and oxygen atoms in total. The smallest absolute Gasteiger partial charge is 0.256 e. The van der Waals surface area contributed by atoms with E-state index in [1.54, 1.807) is 41.8 Å². The van der Waals surface area contributed by atoms with Gasteiger partial charge in [-0.1, -0.05) is 0 Å². The summed E-state index contributed by atoms with van der Waals surface area (Å²) >= 11 is 1.69. The normalized spacial score (nSPS) is 11.1. The van der Waals surface area contributed by atoms with Gasteiger partial charge in [0.25, 0.3) is 11.8 Å². The lowest BCUT2D eigenvalue weighted by atomic mass is 10.1. The molecule has 35 heavy (non-hydrogen) atoms. The Morgan fingerprint density at radius 3 is 2.57 bits per heavy atom. The van der Waals surface area contributed by atoms with Crippen molar-refractivity contribution in [3.63, 3.8) is 0 Å². The van der Waals surface area contributed by atoms with E-state index in [1.807, 2.05) is 32.4 Å². The number of carbonyl (C=O) groups is 2. The summed E-state index contributed by atoms with van der Waals surface area (Å²) in [6.07, 6.45) is 1.67. The molecule has 0 saturated carbocycles. The van der Waals surface area contributed by atoms with E-state index in [0.717, 1.165) is 10.4 Å². The highest BCUT2D eigenvalue weighted by molar-refractivity contribution is 7.12. The van der Waals surface area contributed by atoms with E-state index in [2.05, 4.69) is 16.5 Å². The third-order valence-electron chi connectivity index (χ3n) is 5.41. The van der Waals surface area contributed by atoms with Crippen LogP contribution in [0.4, 0.5) is 5.69 Å². The van der Waals surface area contributed by atoms with Crippen LogP contribution in [0.15, 0.2) is 36.5 Å². The second-order valence-electron chi connectivity index (χ2n) is 8.38. The molecule has 3 N–H and O–H groups in total. The molecule has 3 aromatic heterocycles. The second kappa shape index (κ2) is 9.75. The van der Waals surface area contributed by atoms with Gasteiger partial charge in [0.2, 0.25) is 0 Å². The number of rotatable bonds is 8. The highest BCUT2D eigenvalue weighted by Gasteiger charge is 2.20. The highest BCUT2D eigenvalue weighted by atomic mass is 32.1. The summed E-state index contributed by atoms with van der Waals surface area (Å²) in [6.45, 7) is 7.82. The molecule has 0 unspecified atom stereocenters. The number of hydrogen-bond acceptors (Lipinski definition) is 7. The van der Waals surface area contributed by atoms with Crippen molar-refractivity contribution in [2.75, 3.05) is 19.0 Å². The maximum absolute atomic E-state index is 13.5. The monoisotopic (exact) mass is 493 g/mol. The summed E-state index contributed by atoms with van der Waals surface area (Å²) in [5.41, 5.74) is 8.47. The minimum absolute atomic E-state index is 0.0722. The molecule has 0 spiro atoms. The van der Waals surface area contributed by atoms with Crippen molar-refractivity contribution in [1.82, 2.24) is 14.8 Å². The zero-order valence-corrected chi connectivity index (χ0v) is 21.0. The Bertz CT molecular complexity index is 1420. The van der Waals surface area contributed by atoms with Crippen molar-refractivity contribution in [3.05, 3.63) is 51.8 Å². The average Bonchev–Trinajstić information content (AvgIpc) is 3.39. The average molecular weight is 494 g/mol. The third kappa shape index (κ3) is 4.97. The molecular formula is C25H27N5O4S. The maximum atomic E-state index is 13.5. The molecule has 0 aliphatic rings. The van der Waals surface area contributed by atoms with Crippen LogP contribution in [-0.2, 0) is 4.79 Å². The quantitative estimate of drug-likeness (QED) is 0.373. The first-order chi connectivity index (χ1) is 16.7. The zero-order chi connectivity index (χ0) is 25.3. The van der Waals surface area contributed by atoms with Crippen molar-refractivity contribution in [2.24, 2.45) is 5.73 Å². The summed E-state index contributed by atoms with van der Waals surface area (Å²) in [4.78, 5) is 31.8. The lowest BCUT2D eigenvalue weighted by Gasteiger charge is -2.13. The van der Waals surface area contributed by atoms with Gasteiger partial charge in [0.1, 0.15) is 0 Å². The summed E-state index contributed by atoms with van der Waals surface area (Å²) < 4.78 is 12.5. The summed E-state index contributed by atoms with van der Waals surface area (Å²) in [6, 6.07) is 8.88. The molecule has 0 aliphatic carbocycles. The number of nitrogens with one attached hydrogen (secondary N) is 1. The molecule has 0 bridgehead atoms. The van der Waals surface area contributed by atoms with Gasteiger partial charge in [0.05, 0.1) is 30.0 Å². The van der Waals surface area contributed by atoms with E-state index in [-0.39, 0.29) is 18.6 Å². The van der Waals surface area contributed by atoms with Gasteiger partial charge in [-0.2, -0.15) is 5.10 Å². The van der Waals surface area contributed by atoms with E-state index < -0.39 is 5.91 Å². The van der Waals surface area contributed by atoms with E-state index in [9.17, 15) is 9.59 Å². The number of nitrogens with zero attached hydrogens (tertiary/aromatic N) is 3. The molecule has 1 aromatic carbocycles. The molecular weight excluding hydrogens is 466 g/mol. The Kier molecular flexibility index (Phi) is 6.74. The molecule has 0 fully saturated rings. The fraction of sp³-hybridized carbons (Fsp3) is 0.280. The standard InChI is InChI=1S/C25H27N5O4S/c1-13(2)30-24-19(11-27-30)18(10-20(29-24)17-8-14(3)35-15(17)4)25(32)28-16-6-7-21(33-5)22(9-16)34-12-23(26)31/h6-11,13H,12H2,1-5H3,(H2,26,31)(H,28,32). The number of aromatic nitrogens is 3. The molecule has 10 heteroatoms. The number of carbonyl (C=O) groups excluding carboxylic acids is 2. The Labute approximate surface area is 206 Å². The Morgan fingerprint density at radius 1 is 1.17 bits per heavy atom. The molecule has 4 rings (SSSR count). The number of thiophene rings is 1. The van der Waals surface area contributed by atoms with Crippen molar-refractivity contribution in [3.8, 4) is 22.8 Å². The van der Waals surface area contributed by atoms with Crippen LogP contribution in [0.3, 0.4) is 0 Å². The van der Waals surface area contributed by atoms with E-state index >= 15 is 0 Å². The second-order valence-corrected chi connectivity index (χ2v) is 9.84. The fourth-order valence-electron chi connectivity index (χ4n) is 3.82. The Hall–Kier alpha value is -3.92. The van der Waals surface area contributed by atoms with Crippen molar-refractivity contribution in [2.45, 2.75) is 33.7 Å². The van der Waals surface area contributed by atoms with Crippen molar-refractivity contribution in [1.29, 1.82) is 0 Å². The third-order valence-corrected chi connectivity index (χ3v) is 6.37. The van der Waals surface area contributed by atoms with Gasteiger partial charge in [0.15, 0.2) is 23.8 Å². The van der Waals surface area contributed by atoms with Gasteiger partial charge in [-0.05, 0) is 52.0 Å². The van der Waals surface area contributed by atoms with Crippen LogP contribution in [0.2, 0.25) is 0 Å². The van der Waals surface area contributed by atoms with Gasteiger partial charge in [0, 0.05) is 33.1 Å². The molecule has 4 aromatic rings. The van der Waals surface area contributed by atoms with Crippen LogP contribution >= 0.6 is 11.3 Å². The first kappa shape index (κ1) is 24.2. The number of amides is 2. The summed E-state index contributed by atoms with van der Waals surface area (Å²) in [5.74, 6) is -0.229. The summed E-state index contributed by atoms with van der Waals surface area (Å²) in [7, 11) is 1.49. The van der Waals surface area contributed by atoms with Crippen molar-refractivity contribution < 1.29 is 19.1 Å². The van der Waals surface area contributed by atoms with Crippen LogP contribution in [0, 0.1) is 13.8 Å². The van der Waals surface area contributed by atoms with Crippen LogP contribution in [0.5, 0.6) is 11.5 Å². The molecule has 2 amide bonds. The number of benzene rings is 1. The van der Waals surface area contributed by atoms with Crippen LogP contribution < -0.4 is 20.5 Å². The number of nitrogens with two attached hydrogens (primary N) is 1. The van der Waals surface area contributed by atoms with E-state index in [0.29, 0.717) is 39.5 Å². The molecule has 0 aliphatic heterocycles. The Morgan fingerprint density at radius 2 is 1.94 bits per heavy atom. The largest absolute Gasteiger partial charge is 0.493 e. The summed E-state index contributed by atoms with van der Waals surface area (Å²) in [5, 5.41) is 8.05. The zero-order valence-electron chi connectivity index (χ0n) is 20.2. The van der Waals surface area contributed by atoms with Crippen LogP contribution in [-0.4, -0.2) is 40.3 Å². The first-order valence-corrected chi connectivity index (χ1v) is 11.9. The number of ether oxygens (including phenoxy) is 2. The predicted octanol–water partition coefficient (Wildman–Crippen LogP) is 4.48. The van der Waals surface area contributed by atoms with Gasteiger partial charge in [-0.3, -0.25) is 9.59 Å². The van der Waals surface area contributed by atoms with Gasteiger partial charge < -0.3 is 20.5 Å². The number of fused-ring (bicyclic) bond motifs is 1. The number of primary amides is 1. The van der Waals surface area contributed by atoms with Gasteiger partial charge in [-0.25, -0.2) is 9.67 Å². The van der Waals surface area contributed by atoms with Crippen LogP contribution in [0.1, 0.15) is 40.0 Å². The minimum atomic E-state index is -0.616. The predicted molar refractivity (Wildman–Crippen MR) is 136 cm³/mol. The van der Waals surface area contributed by atoms with E-state index in [4.69, 9.17) is 20.2 Å². The molecule has 0 saturated heterocycles. The van der Waals surface area contributed by atoms with Crippen molar-refractivity contribution >= 4 is 39.9 Å². The number of methoxy groups -OCH3 is 1. The highest BCUT2D eigenvalue weighted by Crippen LogP contribution is 2.34. The topological polar surface area (TPSA) is 121 Å². The van der Waals surface area contributed by atoms with Gasteiger partial charge in [-0.15, -0.1) is 11.3 Å². The molecule has 182 valence electrons. The van der Waals surface area contributed by atoms with E-state index in [1.165, 1.54) is 12.0 Å². The lowest BCUT2D eigenvalue weighted by Crippen LogP contribution is -2.20. The number of anilines is 1. The molecule has 0 atom stereocenters. The SMILES string of the molecule is COc1ccc(NC(=O)c2cc(-c3cc(C)sc3C)nc3c2cnn3C(C)C)cc1OCC(N)=O. The van der Waals surface area contributed by atoms with Crippen LogP contribution in [0.25, 0.3) is 22.3 Å². The Balaban J connectivity index is 1.76. The molecule has 0 radical (unpaired) electrons. The number of hydrogen-bond donors (Lipinski definition) is 2. The lowest BCUT2D eigenvalue weighted by molar-refractivity contribution is -0.119. The molecule has 3 heterocycles. The first-order valence-electron chi connectivity index (χ1n) is 11.0. The van der Waals surface area contributed by atoms with Gasteiger partial charge >= 0.3 is 0 Å². The number of aryl methyl sites for hydroxylation is 2. The minimum Gasteiger partial charge on any atom is -0.493 e. The number of pyridine rings is 1. The maximum Gasteiger partial charge on any atom is 0.256 e.